The summed E-state index contributed by atoms with van der Waals surface area (Å²) in [5.74, 6) is -0.246. The third-order valence-electron chi connectivity index (χ3n) is 2.42. The molecule has 0 bridgehead atoms. The van der Waals surface area contributed by atoms with Crippen molar-refractivity contribution in [3.63, 3.8) is 0 Å². The van der Waals surface area contributed by atoms with Gasteiger partial charge in [0.15, 0.2) is 4.11 Å². The normalized spacial score (nSPS) is 21.1. The fraction of sp³-hybridized carbons (Fsp3) is 0.889. The predicted octanol–water partition coefficient (Wildman–Crippen LogP) is 4.24. The molecule has 15 heavy (non-hydrogen) atoms. The Labute approximate surface area is 118 Å². The van der Waals surface area contributed by atoms with Gasteiger partial charge in [0.1, 0.15) is 0 Å². The Balaban J connectivity index is 2.40. The van der Waals surface area contributed by atoms with Crippen LogP contribution in [-0.2, 0) is 9.53 Å². The van der Waals surface area contributed by atoms with Gasteiger partial charge in [0.25, 0.3) is 0 Å². The molecule has 1 fully saturated rings. The first kappa shape index (κ1) is 14.1. The van der Waals surface area contributed by atoms with Crippen LogP contribution in [0.2, 0.25) is 0 Å². The zero-order valence-corrected chi connectivity index (χ0v) is 12.4. The van der Waals surface area contributed by atoms with Crippen molar-refractivity contribution in [3.8, 4) is 0 Å². The third-order valence-corrected chi connectivity index (χ3v) is 5.30. The molecular weight excluding hydrogens is 373 g/mol. The van der Waals surface area contributed by atoms with E-state index in [2.05, 4.69) is 0 Å². The first-order valence-electron chi connectivity index (χ1n) is 4.82. The predicted molar refractivity (Wildman–Crippen MR) is 70.8 cm³/mol. The van der Waals surface area contributed by atoms with Crippen molar-refractivity contribution in [1.82, 2.24) is 0 Å². The first-order valence-corrected chi connectivity index (χ1v) is 7.20. The maximum absolute atomic E-state index is 11.7. The quantitative estimate of drug-likeness (QED) is 0.404. The van der Waals surface area contributed by atoms with Crippen molar-refractivity contribution in [3.05, 3.63) is 0 Å². The van der Waals surface area contributed by atoms with E-state index in [-0.39, 0.29) is 11.9 Å². The number of rotatable bonds is 2. The van der Waals surface area contributed by atoms with E-state index in [1.165, 1.54) is 6.42 Å². The molecule has 0 aromatic heterocycles. The number of hydrogen-bond donors (Lipinski definition) is 0. The summed E-state index contributed by atoms with van der Waals surface area (Å²) in [4.78, 5) is 11.7. The Bertz CT molecular complexity index is 224. The van der Waals surface area contributed by atoms with E-state index < -0.39 is 7.90 Å². The van der Waals surface area contributed by atoms with Crippen LogP contribution in [0.1, 0.15) is 32.1 Å². The van der Waals surface area contributed by atoms with Crippen LogP contribution in [0.25, 0.3) is 0 Å². The standard InChI is InChI=1S/C9H12Cl3IO2/c10-9(11,12)8(13)15-7(14)6-4-2-1-3-5-6/h6,8H,1-5H2. The van der Waals surface area contributed by atoms with E-state index in [1.807, 2.05) is 22.6 Å². The molecule has 0 aliphatic heterocycles. The summed E-state index contributed by atoms with van der Waals surface area (Å²) in [5.41, 5.74) is 0. The van der Waals surface area contributed by atoms with E-state index in [4.69, 9.17) is 39.5 Å². The number of ether oxygens (including phenoxy) is 1. The van der Waals surface area contributed by atoms with Gasteiger partial charge in [0, 0.05) is 0 Å². The number of carbonyl (C=O) groups is 1. The molecule has 1 aliphatic carbocycles. The second-order valence-corrected chi connectivity index (χ2v) is 7.13. The molecule has 88 valence electrons. The minimum absolute atomic E-state index is 0.0108. The second kappa shape index (κ2) is 6.12. The molecule has 0 saturated heterocycles. The van der Waals surface area contributed by atoms with Crippen LogP contribution in [-0.4, -0.2) is 13.9 Å². The molecular formula is C9H12Cl3IO2. The van der Waals surface area contributed by atoms with Gasteiger partial charge in [0.2, 0.25) is 3.79 Å². The summed E-state index contributed by atoms with van der Waals surface area (Å²) >= 11 is 18.7. The van der Waals surface area contributed by atoms with E-state index >= 15 is 0 Å². The molecule has 1 atom stereocenters. The van der Waals surface area contributed by atoms with Crippen LogP contribution >= 0.6 is 57.4 Å². The largest absolute Gasteiger partial charge is 0.447 e. The minimum Gasteiger partial charge on any atom is -0.447 e. The Morgan fingerprint density at radius 3 is 2.27 bits per heavy atom. The average molecular weight is 385 g/mol. The van der Waals surface area contributed by atoms with E-state index in [0.29, 0.717) is 0 Å². The molecule has 0 amide bonds. The van der Waals surface area contributed by atoms with Gasteiger partial charge in [-0.1, -0.05) is 54.1 Å². The Morgan fingerprint density at radius 2 is 1.80 bits per heavy atom. The summed E-state index contributed by atoms with van der Waals surface area (Å²) in [6.07, 6.45) is 5.14. The van der Waals surface area contributed by atoms with Crippen molar-refractivity contribution < 1.29 is 9.53 Å². The van der Waals surface area contributed by atoms with Gasteiger partial charge in [-0.25, -0.2) is 0 Å². The number of carbonyl (C=O) groups excluding carboxylic acids is 1. The highest BCUT2D eigenvalue weighted by Crippen LogP contribution is 2.37. The smallest absolute Gasteiger partial charge is 0.310 e. The fourth-order valence-electron chi connectivity index (χ4n) is 1.60. The van der Waals surface area contributed by atoms with E-state index in [9.17, 15) is 4.79 Å². The van der Waals surface area contributed by atoms with Crippen LogP contribution in [0, 0.1) is 5.92 Å². The van der Waals surface area contributed by atoms with Gasteiger partial charge in [-0.05, 0) is 35.4 Å². The Morgan fingerprint density at radius 1 is 1.27 bits per heavy atom. The van der Waals surface area contributed by atoms with Crippen molar-refractivity contribution in [2.24, 2.45) is 5.92 Å². The Hall–Kier alpha value is 1.07. The number of alkyl halides is 4. The lowest BCUT2D eigenvalue weighted by atomic mass is 9.89. The van der Waals surface area contributed by atoms with Crippen molar-refractivity contribution in [2.75, 3.05) is 0 Å². The van der Waals surface area contributed by atoms with Crippen LogP contribution in [0.5, 0.6) is 0 Å². The second-order valence-electron chi connectivity index (χ2n) is 3.63. The van der Waals surface area contributed by atoms with E-state index in [0.717, 1.165) is 25.7 Å². The molecule has 0 heterocycles. The maximum atomic E-state index is 11.7. The van der Waals surface area contributed by atoms with Gasteiger partial charge < -0.3 is 4.74 Å². The lowest BCUT2D eigenvalue weighted by Crippen LogP contribution is -2.29. The molecule has 0 spiro atoms. The number of halogens is 4. The molecule has 6 heteroatoms. The van der Waals surface area contributed by atoms with Crippen LogP contribution < -0.4 is 0 Å². The monoisotopic (exact) mass is 384 g/mol. The summed E-state index contributed by atoms with van der Waals surface area (Å²) in [6.45, 7) is 0. The molecule has 1 unspecified atom stereocenters. The summed E-state index contributed by atoms with van der Waals surface area (Å²) in [6, 6.07) is 0. The third kappa shape index (κ3) is 4.84. The first-order chi connectivity index (χ1) is 6.91. The van der Waals surface area contributed by atoms with Crippen molar-refractivity contribution in [2.45, 2.75) is 40.0 Å². The molecule has 0 aromatic carbocycles. The van der Waals surface area contributed by atoms with Crippen LogP contribution in [0.3, 0.4) is 0 Å². The molecule has 0 radical (unpaired) electrons. The lowest BCUT2D eigenvalue weighted by Gasteiger charge is -2.24. The zero-order chi connectivity index (χ0) is 11.5. The maximum Gasteiger partial charge on any atom is 0.310 e. The minimum atomic E-state index is -1.55. The summed E-state index contributed by atoms with van der Waals surface area (Å²) < 4.78 is 2.83. The summed E-state index contributed by atoms with van der Waals surface area (Å²) in [5, 5.41) is 0. The lowest BCUT2D eigenvalue weighted by molar-refractivity contribution is -0.150. The average Bonchev–Trinajstić information content (AvgIpc) is 2.17. The SMILES string of the molecule is O=C(OC(I)C(Cl)(Cl)Cl)C1CCCCC1. The highest BCUT2D eigenvalue weighted by molar-refractivity contribution is 14.1. The fourth-order valence-corrected chi connectivity index (χ4v) is 1.99. The number of esters is 1. The van der Waals surface area contributed by atoms with Crippen LogP contribution in [0.4, 0.5) is 0 Å². The Kier molecular flexibility index (Phi) is 5.77. The van der Waals surface area contributed by atoms with Gasteiger partial charge in [0.05, 0.1) is 5.92 Å². The van der Waals surface area contributed by atoms with E-state index in [1.54, 1.807) is 0 Å². The van der Waals surface area contributed by atoms with Crippen LogP contribution in [0.15, 0.2) is 0 Å². The molecule has 2 nitrogen and oxygen atoms in total. The topological polar surface area (TPSA) is 26.3 Å². The van der Waals surface area contributed by atoms with Gasteiger partial charge in [-0.15, -0.1) is 0 Å². The zero-order valence-electron chi connectivity index (χ0n) is 8.02. The van der Waals surface area contributed by atoms with Gasteiger partial charge >= 0.3 is 5.97 Å². The van der Waals surface area contributed by atoms with Gasteiger partial charge in [-0.2, -0.15) is 0 Å². The number of hydrogen-bond acceptors (Lipinski definition) is 2. The summed E-state index contributed by atoms with van der Waals surface area (Å²) in [7, 11) is 0. The molecule has 0 N–H and O–H groups in total. The molecule has 1 rings (SSSR count). The highest BCUT2D eigenvalue weighted by Gasteiger charge is 2.35. The molecule has 0 aromatic rings. The molecule has 1 saturated carbocycles. The molecule has 1 aliphatic rings. The van der Waals surface area contributed by atoms with Gasteiger partial charge in [-0.3, -0.25) is 4.79 Å². The van der Waals surface area contributed by atoms with Crippen molar-refractivity contribution >= 4 is 63.4 Å². The highest BCUT2D eigenvalue weighted by atomic mass is 127. The van der Waals surface area contributed by atoms with Crippen molar-refractivity contribution in [1.29, 1.82) is 0 Å².